The Kier molecular flexibility index (Phi) is 5.05. The molecule has 0 saturated heterocycles. The lowest BCUT2D eigenvalue weighted by molar-refractivity contribution is 0.0956. The van der Waals surface area contributed by atoms with E-state index in [2.05, 4.69) is 5.32 Å². The lowest BCUT2D eigenvalue weighted by Crippen LogP contribution is -2.26. The number of thioether (sulfide) groups is 1. The lowest BCUT2D eigenvalue weighted by Gasteiger charge is -2.09. The van der Waals surface area contributed by atoms with Crippen LogP contribution in [0.25, 0.3) is 0 Å². The van der Waals surface area contributed by atoms with Gasteiger partial charge in [-0.25, -0.2) is 4.39 Å². The van der Waals surface area contributed by atoms with Crippen molar-refractivity contribution in [2.75, 3.05) is 12.3 Å². The van der Waals surface area contributed by atoms with E-state index in [1.807, 2.05) is 11.8 Å². The molecule has 18 heavy (non-hydrogen) atoms. The van der Waals surface area contributed by atoms with E-state index in [-0.39, 0.29) is 11.7 Å². The minimum absolute atomic E-state index is 0.123. The Morgan fingerprint density at radius 3 is 2.61 bits per heavy atom. The predicted molar refractivity (Wildman–Crippen MR) is 73.4 cm³/mol. The third-order valence-corrected chi connectivity index (χ3v) is 4.53. The van der Waals surface area contributed by atoms with Gasteiger partial charge >= 0.3 is 0 Å². The van der Waals surface area contributed by atoms with Gasteiger partial charge in [0.15, 0.2) is 0 Å². The first-order valence-electron chi connectivity index (χ1n) is 6.41. The average Bonchev–Trinajstić information content (AvgIpc) is 2.88. The molecule has 0 spiro atoms. The summed E-state index contributed by atoms with van der Waals surface area (Å²) in [6, 6.07) is 5.63. The van der Waals surface area contributed by atoms with Gasteiger partial charge in [-0.05, 0) is 37.1 Å². The standard InChI is InChI=1S/C14H18FNOS/c15-12-7-5-11(6-8-12)14(17)16-9-10-18-13-3-1-2-4-13/h5-8,13H,1-4,9-10H2,(H,16,17). The van der Waals surface area contributed by atoms with Gasteiger partial charge in [-0.15, -0.1) is 0 Å². The fourth-order valence-electron chi connectivity index (χ4n) is 2.15. The Bertz CT molecular complexity index is 387. The molecule has 0 aliphatic heterocycles. The van der Waals surface area contributed by atoms with Gasteiger partial charge in [0.05, 0.1) is 0 Å². The van der Waals surface area contributed by atoms with Gasteiger partial charge in [-0.3, -0.25) is 4.79 Å². The summed E-state index contributed by atoms with van der Waals surface area (Å²) in [6.07, 6.45) is 5.33. The zero-order chi connectivity index (χ0) is 12.8. The van der Waals surface area contributed by atoms with Gasteiger partial charge < -0.3 is 5.32 Å². The summed E-state index contributed by atoms with van der Waals surface area (Å²) in [7, 11) is 0. The van der Waals surface area contributed by atoms with Crippen molar-refractivity contribution in [1.82, 2.24) is 5.32 Å². The molecule has 1 aliphatic carbocycles. The molecule has 0 heterocycles. The van der Waals surface area contributed by atoms with E-state index < -0.39 is 0 Å². The average molecular weight is 267 g/mol. The zero-order valence-electron chi connectivity index (χ0n) is 10.3. The smallest absolute Gasteiger partial charge is 0.251 e. The molecular weight excluding hydrogens is 249 g/mol. The molecule has 1 saturated carbocycles. The molecule has 4 heteroatoms. The van der Waals surface area contributed by atoms with Gasteiger partial charge in [0, 0.05) is 23.1 Å². The number of carbonyl (C=O) groups excluding carboxylic acids is 1. The number of halogens is 1. The third kappa shape index (κ3) is 4.02. The Morgan fingerprint density at radius 2 is 1.94 bits per heavy atom. The van der Waals surface area contributed by atoms with Crippen LogP contribution in [0.4, 0.5) is 4.39 Å². The Labute approximate surface area is 111 Å². The Balaban J connectivity index is 1.66. The van der Waals surface area contributed by atoms with E-state index in [0.29, 0.717) is 12.1 Å². The van der Waals surface area contributed by atoms with Crippen LogP contribution in [0.15, 0.2) is 24.3 Å². The van der Waals surface area contributed by atoms with E-state index in [0.717, 1.165) is 11.0 Å². The minimum Gasteiger partial charge on any atom is -0.351 e. The van der Waals surface area contributed by atoms with E-state index in [1.54, 1.807) is 0 Å². The number of hydrogen-bond donors (Lipinski definition) is 1. The van der Waals surface area contributed by atoms with Crippen molar-refractivity contribution in [2.45, 2.75) is 30.9 Å². The molecule has 1 aromatic rings. The number of amides is 1. The summed E-state index contributed by atoms with van der Waals surface area (Å²) in [5.74, 6) is 0.516. The van der Waals surface area contributed by atoms with Gasteiger partial charge in [-0.1, -0.05) is 12.8 Å². The van der Waals surface area contributed by atoms with Crippen LogP contribution in [0.3, 0.4) is 0 Å². The topological polar surface area (TPSA) is 29.1 Å². The van der Waals surface area contributed by atoms with Crippen molar-refractivity contribution in [3.63, 3.8) is 0 Å². The van der Waals surface area contributed by atoms with Crippen LogP contribution in [0.1, 0.15) is 36.0 Å². The highest BCUT2D eigenvalue weighted by Crippen LogP contribution is 2.28. The van der Waals surface area contributed by atoms with Gasteiger partial charge in [0.2, 0.25) is 0 Å². The van der Waals surface area contributed by atoms with E-state index >= 15 is 0 Å². The highest BCUT2D eigenvalue weighted by Gasteiger charge is 2.14. The van der Waals surface area contributed by atoms with Crippen LogP contribution in [-0.2, 0) is 0 Å². The molecule has 1 N–H and O–H groups in total. The largest absolute Gasteiger partial charge is 0.351 e. The summed E-state index contributed by atoms with van der Waals surface area (Å²) in [4.78, 5) is 11.7. The SMILES string of the molecule is O=C(NCCSC1CCCC1)c1ccc(F)cc1. The maximum atomic E-state index is 12.7. The monoisotopic (exact) mass is 267 g/mol. The quantitative estimate of drug-likeness (QED) is 0.830. The normalized spacial score (nSPS) is 15.8. The number of hydrogen-bond acceptors (Lipinski definition) is 2. The van der Waals surface area contributed by atoms with Crippen LogP contribution in [-0.4, -0.2) is 23.5 Å². The number of rotatable bonds is 5. The summed E-state index contributed by atoms with van der Waals surface area (Å²) in [5.41, 5.74) is 0.516. The molecule has 0 aromatic heterocycles. The van der Waals surface area contributed by atoms with Crippen molar-refractivity contribution in [3.05, 3.63) is 35.6 Å². The first-order valence-corrected chi connectivity index (χ1v) is 7.46. The number of carbonyl (C=O) groups is 1. The van der Waals surface area contributed by atoms with E-state index in [1.165, 1.54) is 49.9 Å². The molecule has 0 bridgehead atoms. The van der Waals surface area contributed by atoms with E-state index in [4.69, 9.17) is 0 Å². The Hall–Kier alpha value is -1.03. The summed E-state index contributed by atoms with van der Waals surface area (Å²) in [6.45, 7) is 0.678. The summed E-state index contributed by atoms with van der Waals surface area (Å²) >= 11 is 1.95. The second-order valence-corrected chi connectivity index (χ2v) is 5.95. The molecular formula is C14H18FNOS. The highest BCUT2D eigenvalue weighted by atomic mass is 32.2. The zero-order valence-corrected chi connectivity index (χ0v) is 11.1. The second-order valence-electron chi connectivity index (χ2n) is 4.54. The second kappa shape index (κ2) is 6.78. The van der Waals surface area contributed by atoms with Gasteiger partial charge in [0.25, 0.3) is 5.91 Å². The Morgan fingerprint density at radius 1 is 1.28 bits per heavy atom. The van der Waals surface area contributed by atoms with Crippen molar-refractivity contribution in [1.29, 1.82) is 0 Å². The minimum atomic E-state index is -0.316. The molecule has 0 radical (unpaired) electrons. The number of benzene rings is 1. The van der Waals surface area contributed by atoms with Crippen LogP contribution in [0.5, 0.6) is 0 Å². The molecule has 1 aliphatic rings. The van der Waals surface area contributed by atoms with Crippen LogP contribution >= 0.6 is 11.8 Å². The molecule has 2 nitrogen and oxygen atoms in total. The van der Waals surface area contributed by atoms with Crippen molar-refractivity contribution in [2.24, 2.45) is 0 Å². The van der Waals surface area contributed by atoms with Crippen molar-refractivity contribution >= 4 is 17.7 Å². The van der Waals surface area contributed by atoms with Crippen LogP contribution < -0.4 is 5.32 Å². The molecule has 0 atom stereocenters. The summed E-state index contributed by atoms with van der Waals surface area (Å²) in [5, 5.41) is 3.65. The van der Waals surface area contributed by atoms with Gasteiger partial charge in [-0.2, -0.15) is 11.8 Å². The maximum Gasteiger partial charge on any atom is 0.251 e. The first-order chi connectivity index (χ1) is 8.75. The molecule has 2 rings (SSSR count). The lowest BCUT2D eigenvalue weighted by atomic mass is 10.2. The molecule has 98 valence electrons. The van der Waals surface area contributed by atoms with Crippen LogP contribution in [0, 0.1) is 5.82 Å². The maximum absolute atomic E-state index is 12.7. The van der Waals surface area contributed by atoms with Gasteiger partial charge in [0.1, 0.15) is 5.82 Å². The van der Waals surface area contributed by atoms with Crippen molar-refractivity contribution in [3.8, 4) is 0 Å². The number of nitrogens with one attached hydrogen (secondary N) is 1. The molecule has 1 aromatic carbocycles. The fourth-order valence-corrected chi connectivity index (χ4v) is 3.37. The highest BCUT2D eigenvalue weighted by molar-refractivity contribution is 7.99. The molecule has 1 amide bonds. The van der Waals surface area contributed by atoms with Crippen molar-refractivity contribution < 1.29 is 9.18 Å². The summed E-state index contributed by atoms with van der Waals surface area (Å²) < 4.78 is 12.7. The molecule has 0 unspecified atom stereocenters. The fraction of sp³-hybridized carbons (Fsp3) is 0.500. The molecule has 1 fully saturated rings. The third-order valence-electron chi connectivity index (χ3n) is 3.15. The van der Waals surface area contributed by atoms with Crippen LogP contribution in [0.2, 0.25) is 0 Å². The van der Waals surface area contributed by atoms with E-state index in [9.17, 15) is 9.18 Å². The predicted octanol–water partition coefficient (Wildman–Crippen LogP) is 3.23. The first kappa shape index (κ1) is 13.4.